The van der Waals surface area contributed by atoms with E-state index in [9.17, 15) is 14.7 Å². The number of rotatable bonds is 3. The van der Waals surface area contributed by atoms with Crippen molar-refractivity contribution in [3.05, 3.63) is 52.4 Å². The highest BCUT2D eigenvalue weighted by molar-refractivity contribution is 5.98. The van der Waals surface area contributed by atoms with Crippen LogP contribution in [-0.2, 0) is 0 Å². The molecule has 0 fully saturated rings. The van der Waals surface area contributed by atoms with Gasteiger partial charge in [-0.3, -0.25) is 4.79 Å². The Bertz CT molecular complexity index is 1070. The molecular weight excluding hydrogens is 330 g/mol. The highest BCUT2D eigenvalue weighted by Crippen LogP contribution is 2.37. The van der Waals surface area contributed by atoms with Crippen LogP contribution in [0.2, 0.25) is 0 Å². The predicted octanol–water partition coefficient (Wildman–Crippen LogP) is 2.45. The van der Waals surface area contributed by atoms with Crippen molar-refractivity contribution < 1.29 is 29.2 Å². The first kappa shape index (κ1) is 14.9. The van der Waals surface area contributed by atoms with Crippen LogP contribution in [0.5, 0.6) is 28.7 Å². The second-order valence-electron chi connectivity index (χ2n) is 5.31. The molecule has 1 aliphatic rings. The van der Waals surface area contributed by atoms with E-state index >= 15 is 0 Å². The van der Waals surface area contributed by atoms with Crippen molar-refractivity contribution >= 4 is 16.7 Å². The van der Waals surface area contributed by atoms with Gasteiger partial charge in [0, 0.05) is 11.5 Å². The minimum Gasteiger partial charge on any atom is -0.505 e. The Labute approximate surface area is 139 Å². The van der Waals surface area contributed by atoms with Gasteiger partial charge in [0.1, 0.15) is 11.5 Å². The zero-order chi connectivity index (χ0) is 17.6. The summed E-state index contributed by atoms with van der Waals surface area (Å²) in [5, 5.41) is 19.2. The Kier molecular flexibility index (Phi) is 3.24. The number of aromatic nitrogens is 1. The fourth-order valence-electron chi connectivity index (χ4n) is 2.59. The van der Waals surface area contributed by atoms with Crippen LogP contribution < -0.4 is 19.8 Å². The van der Waals surface area contributed by atoms with Crippen LogP contribution in [0.15, 0.2) is 41.2 Å². The number of pyridine rings is 1. The molecule has 8 heteroatoms. The summed E-state index contributed by atoms with van der Waals surface area (Å²) in [7, 11) is 0. The van der Waals surface area contributed by atoms with E-state index in [2.05, 4.69) is 4.98 Å². The molecule has 2 heterocycles. The molecule has 0 spiro atoms. The summed E-state index contributed by atoms with van der Waals surface area (Å²) in [6, 6.07) is 9.42. The highest BCUT2D eigenvalue weighted by Gasteiger charge is 2.17. The molecule has 0 aliphatic carbocycles. The number of hydrogen-bond donors (Lipinski definition) is 3. The number of carbonyl (C=O) groups is 1. The molecule has 8 nitrogen and oxygen atoms in total. The molecule has 3 aromatic rings. The Morgan fingerprint density at radius 3 is 2.56 bits per heavy atom. The largest absolute Gasteiger partial charge is 0.505 e. The van der Waals surface area contributed by atoms with E-state index in [0.717, 1.165) is 0 Å². The van der Waals surface area contributed by atoms with Crippen LogP contribution in [0, 0.1) is 0 Å². The second-order valence-corrected chi connectivity index (χ2v) is 5.31. The van der Waals surface area contributed by atoms with Crippen LogP contribution in [-0.4, -0.2) is 28.0 Å². The average molecular weight is 341 g/mol. The molecule has 2 aromatic carbocycles. The van der Waals surface area contributed by atoms with Crippen molar-refractivity contribution in [2.75, 3.05) is 6.79 Å². The van der Waals surface area contributed by atoms with Gasteiger partial charge in [-0.05, 0) is 30.3 Å². The number of hydrogen-bond acceptors (Lipinski definition) is 6. The number of aromatic carboxylic acids is 1. The Morgan fingerprint density at radius 2 is 1.76 bits per heavy atom. The molecule has 0 radical (unpaired) electrons. The number of H-pyrrole nitrogens is 1. The Morgan fingerprint density at radius 1 is 1.04 bits per heavy atom. The molecule has 0 unspecified atom stereocenters. The molecule has 1 aromatic heterocycles. The summed E-state index contributed by atoms with van der Waals surface area (Å²) in [5.41, 5.74) is -1.19. The number of fused-ring (bicyclic) bond motifs is 2. The Balaban J connectivity index is 1.74. The van der Waals surface area contributed by atoms with Crippen LogP contribution in [0.4, 0.5) is 0 Å². The number of nitrogens with one attached hydrogen (secondary N) is 1. The van der Waals surface area contributed by atoms with Crippen molar-refractivity contribution in [2.45, 2.75) is 0 Å². The minimum absolute atomic E-state index is 0.112. The number of carboxylic acid groups (broad SMARTS) is 1. The van der Waals surface area contributed by atoms with Crippen LogP contribution in [0.25, 0.3) is 10.8 Å². The van der Waals surface area contributed by atoms with Gasteiger partial charge in [-0.1, -0.05) is 0 Å². The minimum atomic E-state index is -1.42. The topological polar surface area (TPSA) is 118 Å². The highest BCUT2D eigenvalue weighted by atomic mass is 16.7. The summed E-state index contributed by atoms with van der Waals surface area (Å²) >= 11 is 0. The number of benzene rings is 2. The number of aromatic hydroxyl groups is 1. The molecule has 25 heavy (non-hydrogen) atoms. The molecule has 0 bridgehead atoms. The van der Waals surface area contributed by atoms with Gasteiger partial charge in [-0.2, -0.15) is 0 Å². The number of ether oxygens (including phenoxy) is 3. The lowest BCUT2D eigenvalue weighted by Crippen LogP contribution is -2.13. The van der Waals surface area contributed by atoms with Gasteiger partial charge >= 0.3 is 5.97 Å². The first-order chi connectivity index (χ1) is 12.0. The summed E-state index contributed by atoms with van der Waals surface area (Å²) in [6.07, 6.45) is 0. The van der Waals surface area contributed by atoms with Gasteiger partial charge in [0.05, 0.1) is 5.39 Å². The predicted molar refractivity (Wildman–Crippen MR) is 85.8 cm³/mol. The van der Waals surface area contributed by atoms with Gasteiger partial charge in [-0.15, -0.1) is 0 Å². The number of aromatic amines is 1. The lowest BCUT2D eigenvalue weighted by molar-refractivity contribution is 0.0687. The van der Waals surface area contributed by atoms with Gasteiger partial charge in [0.25, 0.3) is 5.56 Å². The van der Waals surface area contributed by atoms with Crippen molar-refractivity contribution in [1.82, 2.24) is 4.98 Å². The Hall–Kier alpha value is -3.68. The third kappa shape index (κ3) is 2.49. The van der Waals surface area contributed by atoms with Gasteiger partial charge < -0.3 is 29.4 Å². The summed E-state index contributed by atoms with van der Waals surface area (Å²) in [5.74, 6) is 0.0768. The van der Waals surface area contributed by atoms with E-state index in [1.807, 2.05) is 0 Å². The van der Waals surface area contributed by atoms with Crippen molar-refractivity contribution in [3.63, 3.8) is 0 Å². The molecule has 4 rings (SSSR count). The zero-order valence-corrected chi connectivity index (χ0v) is 12.6. The smallest absolute Gasteiger partial charge is 0.356 e. The van der Waals surface area contributed by atoms with Crippen molar-refractivity contribution in [1.29, 1.82) is 0 Å². The van der Waals surface area contributed by atoms with E-state index in [-0.39, 0.29) is 17.6 Å². The molecular formula is C17H11NO7. The van der Waals surface area contributed by atoms with Crippen molar-refractivity contribution in [3.8, 4) is 28.7 Å². The fraction of sp³-hybridized carbons (Fsp3) is 0.0588. The summed E-state index contributed by atoms with van der Waals surface area (Å²) < 4.78 is 16.2. The molecule has 126 valence electrons. The monoisotopic (exact) mass is 341 g/mol. The molecule has 1 aliphatic heterocycles. The normalized spacial score (nSPS) is 12.3. The van der Waals surface area contributed by atoms with E-state index in [4.69, 9.17) is 19.3 Å². The summed E-state index contributed by atoms with van der Waals surface area (Å²) in [6.45, 7) is 0.148. The first-order valence-corrected chi connectivity index (χ1v) is 7.23. The lowest BCUT2D eigenvalue weighted by Gasteiger charge is -2.09. The standard InChI is InChI=1S/C17H11NO7/c19-15-10-3-1-8(5-11(10)16(20)18-14(15)17(21)22)25-9-2-4-12-13(6-9)24-7-23-12/h1-6,19H,7H2,(H,18,20)(H,21,22). The molecule has 0 amide bonds. The zero-order valence-electron chi connectivity index (χ0n) is 12.6. The fourth-order valence-corrected chi connectivity index (χ4v) is 2.59. The maximum Gasteiger partial charge on any atom is 0.356 e. The van der Waals surface area contributed by atoms with Crippen molar-refractivity contribution in [2.24, 2.45) is 0 Å². The SMILES string of the molecule is O=C(O)c1[nH]c(=O)c2cc(Oc3ccc4c(c3)OCO4)ccc2c1O. The van der Waals surface area contributed by atoms with Crippen LogP contribution >= 0.6 is 0 Å². The van der Waals surface area contributed by atoms with E-state index < -0.39 is 23.0 Å². The average Bonchev–Trinajstić information content (AvgIpc) is 3.05. The molecule has 3 N–H and O–H groups in total. The summed E-state index contributed by atoms with van der Waals surface area (Å²) in [4.78, 5) is 25.3. The maximum absolute atomic E-state index is 12.1. The van der Waals surface area contributed by atoms with E-state index in [1.165, 1.54) is 18.2 Å². The molecule has 0 atom stereocenters. The molecule has 0 saturated carbocycles. The van der Waals surface area contributed by atoms with Crippen LogP contribution in [0.1, 0.15) is 10.5 Å². The third-order valence-corrected chi connectivity index (χ3v) is 3.76. The second kappa shape index (κ2) is 5.45. The van der Waals surface area contributed by atoms with E-state index in [1.54, 1.807) is 18.2 Å². The third-order valence-electron chi connectivity index (χ3n) is 3.76. The van der Waals surface area contributed by atoms with Crippen LogP contribution in [0.3, 0.4) is 0 Å². The number of carboxylic acids is 1. The van der Waals surface area contributed by atoms with Gasteiger partial charge in [-0.25, -0.2) is 4.79 Å². The quantitative estimate of drug-likeness (QED) is 0.669. The first-order valence-electron chi connectivity index (χ1n) is 7.23. The molecule has 0 saturated heterocycles. The van der Waals surface area contributed by atoms with Gasteiger partial charge in [0.15, 0.2) is 22.9 Å². The van der Waals surface area contributed by atoms with E-state index in [0.29, 0.717) is 23.0 Å². The van der Waals surface area contributed by atoms with Gasteiger partial charge in [0.2, 0.25) is 6.79 Å². The lowest BCUT2D eigenvalue weighted by atomic mass is 10.1. The maximum atomic E-state index is 12.1.